The number of ether oxygens (including phenoxy) is 1. The van der Waals surface area contributed by atoms with Crippen molar-refractivity contribution >= 4 is 11.4 Å². The number of hydrogen-bond donors (Lipinski definition) is 2. The quantitative estimate of drug-likeness (QED) is 0.557. The molecular formula is C12H20N2O. The summed E-state index contributed by atoms with van der Waals surface area (Å²) >= 11 is 0. The van der Waals surface area contributed by atoms with Gasteiger partial charge in [0.2, 0.25) is 0 Å². The SMILES string of the molecule is CC(C)COCCNc1ccccc1N. The molecule has 15 heavy (non-hydrogen) atoms. The van der Waals surface area contributed by atoms with E-state index in [4.69, 9.17) is 10.5 Å². The molecule has 84 valence electrons. The summed E-state index contributed by atoms with van der Waals surface area (Å²) in [6.07, 6.45) is 0. The summed E-state index contributed by atoms with van der Waals surface area (Å²) in [4.78, 5) is 0. The van der Waals surface area contributed by atoms with Gasteiger partial charge < -0.3 is 15.8 Å². The number of para-hydroxylation sites is 2. The van der Waals surface area contributed by atoms with E-state index in [2.05, 4.69) is 19.2 Å². The molecule has 0 saturated heterocycles. The minimum atomic E-state index is 0.590. The van der Waals surface area contributed by atoms with Crippen LogP contribution in [0.5, 0.6) is 0 Å². The molecule has 0 aliphatic carbocycles. The summed E-state index contributed by atoms with van der Waals surface area (Å²) in [5.74, 6) is 0.590. The first kappa shape index (κ1) is 11.9. The Morgan fingerprint density at radius 2 is 2.07 bits per heavy atom. The number of anilines is 2. The van der Waals surface area contributed by atoms with Gasteiger partial charge in [-0.1, -0.05) is 26.0 Å². The highest BCUT2D eigenvalue weighted by molar-refractivity contribution is 5.65. The van der Waals surface area contributed by atoms with Gasteiger partial charge in [0, 0.05) is 13.2 Å². The topological polar surface area (TPSA) is 47.3 Å². The van der Waals surface area contributed by atoms with Gasteiger partial charge in [-0.3, -0.25) is 0 Å². The van der Waals surface area contributed by atoms with Crippen LogP contribution in [0.15, 0.2) is 24.3 Å². The molecule has 0 spiro atoms. The van der Waals surface area contributed by atoms with Gasteiger partial charge in [0.05, 0.1) is 18.0 Å². The zero-order valence-electron chi connectivity index (χ0n) is 9.49. The largest absolute Gasteiger partial charge is 0.397 e. The lowest BCUT2D eigenvalue weighted by Crippen LogP contribution is -2.12. The molecule has 3 heteroatoms. The van der Waals surface area contributed by atoms with E-state index in [1.165, 1.54) is 0 Å². The van der Waals surface area contributed by atoms with E-state index in [1.807, 2.05) is 24.3 Å². The average molecular weight is 208 g/mol. The summed E-state index contributed by atoms with van der Waals surface area (Å²) in [6, 6.07) is 7.75. The average Bonchev–Trinajstić information content (AvgIpc) is 2.20. The standard InChI is InChI=1S/C12H20N2O/c1-10(2)9-15-8-7-14-12-6-4-3-5-11(12)13/h3-6,10,14H,7-9,13H2,1-2H3. The number of hydrogen-bond acceptors (Lipinski definition) is 3. The number of nitrogens with two attached hydrogens (primary N) is 1. The molecule has 1 aromatic rings. The van der Waals surface area contributed by atoms with E-state index >= 15 is 0 Å². The Balaban J connectivity index is 2.18. The first-order chi connectivity index (χ1) is 7.20. The molecule has 3 nitrogen and oxygen atoms in total. The van der Waals surface area contributed by atoms with Gasteiger partial charge in [-0.05, 0) is 18.1 Å². The van der Waals surface area contributed by atoms with Gasteiger partial charge in [-0.25, -0.2) is 0 Å². The Kier molecular flexibility index (Phi) is 4.98. The second-order valence-electron chi connectivity index (χ2n) is 3.98. The lowest BCUT2D eigenvalue weighted by molar-refractivity contribution is 0.118. The maximum Gasteiger partial charge on any atom is 0.0639 e. The van der Waals surface area contributed by atoms with Gasteiger partial charge in [0.25, 0.3) is 0 Å². The van der Waals surface area contributed by atoms with Crippen molar-refractivity contribution < 1.29 is 4.74 Å². The highest BCUT2D eigenvalue weighted by Crippen LogP contribution is 2.15. The Morgan fingerprint density at radius 1 is 1.33 bits per heavy atom. The van der Waals surface area contributed by atoms with Crippen LogP contribution in [0.4, 0.5) is 11.4 Å². The molecule has 0 fully saturated rings. The Morgan fingerprint density at radius 3 is 2.73 bits per heavy atom. The van der Waals surface area contributed by atoms with Crippen molar-refractivity contribution in [1.82, 2.24) is 0 Å². The fraction of sp³-hybridized carbons (Fsp3) is 0.500. The van der Waals surface area contributed by atoms with E-state index in [0.717, 1.165) is 24.5 Å². The minimum absolute atomic E-state index is 0.590. The van der Waals surface area contributed by atoms with E-state index in [0.29, 0.717) is 12.5 Å². The molecule has 0 aliphatic rings. The van der Waals surface area contributed by atoms with Crippen molar-refractivity contribution in [2.75, 3.05) is 30.8 Å². The van der Waals surface area contributed by atoms with Crippen LogP contribution in [0, 0.1) is 5.92 Å². The maximum absolute atomic E-state index is 5.78. The number of nitrogens with one attached hydrogen (secondary N) is 1. The Labute approximate surface area is 91.6 Å². The first-order valence-electron chi connectivity index (χ1n) is 5.36. The van der Waals surface area contributed by atoms with Gasteiger partial charge in [-0.2, -0.15) is 0 Å². The van der Waals surface area contributed by atoms with Crippen molar-refractivity contribution in [3.63, 3.8) is 0 Å². The molecular weight excluding hydrogens is 188 g/mol. The van der Waals surface area contributed by atoms with E-state index in [9.17, 15) is 0 Å². The number of nitrogen functional groups attached to an aromatic ring is 1. The van der Waals surface area contributed by atoms with Crippen LogP contribution in [-0.4, -0.2) is 19.8 Å². The lowest BCUT2D eigenvalue weighted by atomic mass is 10.2. The van der Waals surface area contributed by atoms with Crippen molar-refractivity contribution in [2.45, 2.75) is 13.8 Å². The van der Waals surface area contributed by atoms with Crippen molar-refractivity contribution in [3.05, 3.63) is 24.3 Å². The molecule has 0 heterocycles. The van der Waals surface area contributed by atoms with Crippen LogP contribution >= 0.6 is 0 Å². The summed E-state index contributed by atoms with van der Waals surface area (Å²) in [7, 11) is 0. The van der Waals surface area contributed by atoms with E-state index in [1.54, 1.807) is 0 Å². The second-order valence-corrected chi connectivity index (χ2v) is 3.98. The Bertz CT molecular complexity index is 287. The summed E-state index contributed by atoms with van der Waals surface area (Å²) in [6.45, 7) is 6.60. The van der Waals surface area contributed by atoms with Gasteiger partial charge in [0.15, 0.2) is 0 Å². The highest BCUT2D eigenvalue weighted by atomic mass is 16.5. The van der Waals surface area contributed by atoms with Crippen LogP contribution in [0.1, 0.15) is 13.8 Å². The van der Waals surface area contributed by atoms with Crippen LogP contribution in [0.2, 0.25) is 0 Å². The molecule has 0 amide bonds. The zero-order valence-corrected chi connectivity index (χ0v) is 9.49. The van der Waals surface area contributed by atoms with Crippen LogP contribution in [0.3, 0.4) is 0 Å². The number of rotatable bonds is 6. The van der Waals surface area contributed by atoms with Crippen molar-refractivity contribution in [2.24, 2.45) is 5.92 Å². The van der Waals surface area contributed by atoms with Crippen molar-refractivity contribution in [3.8, 4) is 0 Å². The molecule has 1 aromatic carbocycles. The molecule has 3 N–H and O–H groups in total. The smallest absolute Gasteiger partial charge is 0.0639 e. The summed E-state index contributed by atoms with van der Waals surface area (Å²) < 4.78 is 5.45. The zero-order chi connectivity index (χ0) is 11.1. The molecule has 0 saturated carbocycles. The van der Waals surface area contributed by atoms with Gasteiger partial charge in [0.1, 0.15) is 0 Å². The predicted octanol–water partition coefficient (Wildman–Crippen LogP) is 2.35. The van der Waals surface area contributed by atoms with Crippen molar-refractivity contribution in [1.29, 1.82) is 0 Å². The minimum Gasteiger partial charge on any atom is -0.397 e. The fourth-order valence-corrected chi connectivity index (χ4v) is 1.23. The first-order valence-corrected chi connectivity index (χ1v) is 5.36. The highest BCUT2D eigenvalue weighted by Gasteiger charge is 1.96. The second kappa shape index (κ2) is 6.30. The molecule has 1 rings (SSSR count). The third kappa shape index (κ3) is 4.70. The fourth-order valence-electron chi connectivity index (χ4n) is 1.23. The molecule has 0 atom stereocenters. The number of benzene rings is 1. The Hall–Kier alpha value is -1.22. The monoisotopic (exact) mass is 208 g/mol. The predicted molar refractivity (Wildman–Crippen MR) is 65.0 cm³/mol. The van der Waals surface area contributed by atoms with Gasteiger partial charge >= 0.3 is 0 Å². The van der Waals surface area contributed by atoms with Crippen LogP contribution in [-0.2, 0) is 4.74 Å². The maximum atomic E-state index is 5.78. The third-order valence-corrected chi connectivity index (χ3v) is 1.97. The normalized spacial score (nSPS) is 10.6. The molecule has 0 bridgehead atoms. The lowest BCUT2D eigenvalue weighted by Gasteiger charge is -2.10. The molecule has 0 radical (unpaired) electrons. The van der Waals surface area contributed by atoms with E-state index < -0.39 is 0 Å². The molecule has 0 unspecified atom stereocenters. The molecule has 0 aliphatic heterocycles. The van der Waals surface area contributed by atoms with E-state index in [-0.39, 0.29) is 0 Å². The summed E-state index contributed by atoms with van der Waals surface area (Å²) in [5, 5.41) is 3.24. The summed E-state index contributed by atoms with van der Waals surface area (Å²) in [5.41, 5.74) is 7.54. The third-order valence-electron chi connectivity index (χ3n) is 1.97. The molecule has 0 aromatic heterocycles. The van der Waals surface area contributed by atoms with Crippen LogP contribution < -0.4 is 11.1 Å². The van der Waals surface area contributed by atoms with Gasteiger partial charge in [-0.15, -0.1) is 0 Å². The van der Waals surface area contributed by atoms with Crippen LogP contribution in [0.25, 0.3) is 0 Å².